The molecule has 1 spiro atoms. The van der Waals surface area contributed by atoms with Gasteiger partial charge in [-0.25, -0.2) is 0 Å². The normalized spacial score (nSPS) is 28.7. The van der Waals surface area contributed by atoms with Crippen molar-refractivity contribution in [2.24, 2.45) is 11.3 Å². The summed E-state index contributed by atoms with van der Waals surface area (Å²) in [7, 11) is 1.70. The Morgan fingerprint density at radius 2 is 2.14 bits per heavy atom. The lowest BCUT2D eigenvalue weighted by molar-refractivity contribution is -0.128. The number of carbonyl (C=O) groups excluding carboxylic acids is 1. The van der Waals surface area contributed by atoms with E-state index in [-0.39, 0.29) is 5.41 Å². The van der Waals surface area contributed by atoms with Crippen LogP contribution in [0.1, 0.15) is 38.5 Å². The zero-order chi connectivity index (χ0) is 15.4. The van der Waals surface area contributed by atoms with E-state index in [4.69, 9.17) is 4.74 Å². The molecule has 0 saturated carbocycles. The Morgan fingerprint density at radius 1 is 1.32 bits per heavy atom. The highest BCUT2D eigenvalue weighted by atomic mass is 16.5. The third-order valence-electron chi connectivity index (χ3n) is 5.78. The van der Waals surface area contributed by atoms with Crippen LogP contribution in [-0.4, -0.2) is 62.1 Å². The fraction of sp³-hybridized carbons (Fsp3) is 0.833. The van der Waals surface area contributed by atoms with Crippen molar-refractivity contribution in [3.05, 3.63) is 12.2 Å². The number of methoxy groups -OCH3 is 1. The van der Waals surface area contributed by atoms with Gasteiger partial charge in [-0.3, -0.25) is 4.79 Å². The monoisotopic (exact) mass is 306 g/mol. The van der Waals surface area contributed by atoms with Gasteiger partial charge in [0.05, 0.1) is 6.61 Å². The Morgan fingerprint density at radius 3 is 2.82 bits per heavy atom. The van der Waals surface area contributed by atoms with Gasteiger partial charge in [0.2, 0.25) is 5.91 Å². The lowest BCUT2D eigenvalue weighted by Gasteiger charge is -2.40. The number of likely N-dealkylation sites (tertiary alicyclic amines) is 2. The van der Waals surface area contributed by atoms with Gasteiger partial charge in [0, 0.05) is 33.2 Å². The standard InChI is InChI=1S/C18H30N2O2/c1-22-12-11-20-15-18(13-17(20)21)7-9-19(10-8-18)14-16-5-3-2-4-6-16/h2-3,16H,4-15H2,1H3. The lowest BCUT2D eigenvalue weighted by Crippen LogP contribution is -2.43. The van der Waals surface area contributed by atoms with Crippen molar-refractivity contribution in [1.82, 2.24) is 9.80 Å². The van der Waals surface area contributed by atoms with Crippen LogP contribution in [0.3, 0.4) is 0 Å². The summed E-state index contributed by atoms with van der Waals surface area (Å²) < 4.78 is 5.12. The minimum atomic E-state index is 0.258. The predicted octanol–water partition coefficient (Wildman–Crippen LogP) is 2.30. The van der Waals surface area contributed by atoms with Crippen molar-refractivity contribution in [2.45, 2.75) is 38.5 Å². The summed E-state index contributed by atoms with van der Waals surface area (Å²) >= 11 is 0. The smallest absolute Gasteiger partial charge is 0.223 e. The van der Waals surface area contributed by atoms with Crippen LogP contribution in [0.25, 0.3) is 0 Å². The number of amides is 1. The van der Waals surface area contributed by atoms with Gasteiger partial charge < -0.3 is 14.5 Å². The van der Waals surface area contributed by atoms with E-state index in [9.17, 15) is 4.79 Å². The van der Waals surface area contributed by atoms with E-state index in [0.717, 1.165) is 25.4 Å². The van der Waals surface area contributed by atoms with Crippen molar-refractivity contribution in [1.29, 1.82) is 0 Å². The maximum Gasteiger partial charge on any atom is 0.223 e. The Bertz CT molecular complexity index is 413. The summed E-state index contributed by atoms with van der Waals surface area (Å²) in [4.78, 5) is 16.9. The van der Waals surface area contributed by atoms with Gasteiger partial charge in [0.25, 0.3) is 0 Å². The minimum Gasteiger partial charge on any atom is -0.383 e. The van der Waals surface area contributed by atoms with Gasteiger partial charge in [0.15, 0.2) is 0 Å². The number of allylic oxidation sites excluding steroid dienone is 2. The van der Waals surface area contributed by atoms with E-state index < -0.39 is 0 Å². The Hall–Kier alpha value is -0.870. The number of ether oxygens (including phenoxy) is 1. The highest BCUT2D eigenvalue weighted by molar-refractivity contribution is 5.79. The van der Waals surface area contributed by atoms with Crippen molar-refractivity contribution in [3.8, 4) is 0 Å². The average molecular weight is 306 g/mol. The van der Waals surface area contributed by atoms with Gasteiger partial charge in [0.1, 0.15) is 0 Å². The zero-order valence-corrected chi connectivity index (χ0v) is 13.9. The summed E-state index contributed by atoms with van der Waals surface area (Å²) in [5, 5.41) is 0. The van der Waals surface area contributed by atoms with Crippen LogP contribution in [-0.2, 0) is 9.53 Å². The first-order valence-electron chi connectivity index (χ1n) is 8.85. The van der Waals surface area contributed by atoms with Gasteiger partial charge in [-0.05, 0) is 56.5 Å². The molecule has 0 aromatic carbocycles. The molecule has 4 nitrogen and oxygen atoms in total. The second kappa shape index (κ2) is 7.14. The van der Waals surface area contributed by atoms with E-state index in [1.54, 1.807) is 7.11 Å². The molecule has 1 aliphatic carbocycles. The third kappa shape index (κ3) is 3.72. The average Bonchev–Trinajstić information content (AvgIpc) is 2.85. The first-order valence-corrected chi connectivity index (χ1v) is 8.85. The number of carbonyl (C=O) groups is 1. The first-order chi connectivity index (χ1) is 10.7. The van der Waals surface area contributed by atoms with Crippen molar-refractivity contribution in [3.63, 3.8) is 0 Å². The number of rotatable bonds is 5. The van der Waals surface area contributed by atoms with Crippen LogP contribution in [0.4, 0.5) is 0 Å². The first kappa shape index (κ1) is 16.0. The molecule has 3 aliphatic rings. The molecule has 2 aliphatic heterocycles. The summed E-state index contributed by atoms with van der Waals surface area (Å²) in [6.45, 7) is 5.96. The van der Waals surface area contributed by atoms with Gasteiger partial charge in [-0.1, -0.05) is 12.2 Å². The molecule has 0 radical (unpaired) electrons. The molecule has 124 valence electrons. The maximum absolute atomic E-state index is 12.2. The van der Waals surface area contributed by atoms with Gasteiger partial charge in [-0.15, -0.1) is 0 Å². The fourth-order valence-electron chi connectivity index (χ4n) is 4.32. The van der Waals surface area contributed by atoms with Crippen molar-refractivity contribution in [2.75, 3.05) is 46.4 Å². The molecule has 2 saturated heterocycles. The summed E-state index contributed by atoms with van der Waals surface area (Å²) in [5.74, 6) is 1.19. The van der Waals surface area contributed by atoms with Crippen LogP contribution in [0.15, 0.2) is 12.2 Å². The second-order valence-corrected chi connectivity index (χ2v) is 7.44. The molecule has 1 unspecified atom stereocenters. The molecule has 0 aromatic rings. The Balaban J connectivity index is 1.47. The Labute approximate surface area is 134 Å². The molecule has 1 amide bonds. The molecular weight excluding hydrogens is 276 g/mol. The van der Waals surface area contributed by atoms with Crippen molar-refractivity contribution < 1.29 is 9.53 Å². The predicted molar refractivity (Wildman–Crippen MR) is 87.7 cm³/mol. The van der Waals surface area contributed by atoms with E-state index in [0.29, 0.717) is 12.5 Å². The number of piperidine rings is 1. The van der Waals surface area contributed by atoms with E-state index >= 15 is 0 Å². The largest absolute Gasteiger partial charge is 0.383 e. The number of hydrogen-bond donors (Lipinski definition) is 0. The van der Waals surface area contributed by atoms with Gasteiger partial charge in [-0.2, -0.15) is 0 Å². The lowest BCUT2D eigenvalue weighted by atomic mass is 9.77. The molecule has 0 N–H and O–H groups in total. The molecule has 0 aromatic heterocycles. The number of hydrogen-bond acceptors (Lipinski definition) is 3. The second-order valence-electron chi connectivity index (χ2n) is 7.44. The zero-order valence-electron chi connectivity index (χ0n) is 13.9. The molecule has 22 heavy (non-hydrogen) atoms. The van der Waals surface area contributed by atoms with Crippen LogP contribution in [0.2, 0.25) is 0 Å². The molecule has 1 atom stereocenters. The molecule has 2 fully saturated rings. The highest BCUT2D eigenvalue weighted by Crippen LogP contribution is 2.41. The molecule has 2 heterocycles. The quantitative estimate of drug-likeness (QED) is 0.731. The van der Waals surface area contributed by atoms with E-state index in [1.807, 2.05) is 4.90 Å². The minimum absolute atomic E-state index is 0.258. The number of nitrogens with zero attached hydrogens (tertiary/aromatic N) is 2. The third-order valence-corrected chi connectivity index (χ3v) is 5.78. The summed E-state index contributed by atoms with van der Waals surface area (Å²) in [5.41, 5.74) is 0.258. The van der Waals surface area contributed by atoms with E-state index in [2.05, 4.69) is 17.1 Å². The molecule has 0 bridgehead atoms. The van der Waals surface area contributed by atoms with Crippen LogP contribution in [0, 0.1) is 11.3 Å². The summed E-state index contributed by atoms with van der Waals surface area (Å²) in [6.07, 6.45) is 11.7. The van der Waals surface area contributed by atoms with Gasteiger partial charge >= 0.3 is 0 Å². The fourth-order valence-corrected chi connectivity index (χ4v) is 4.32. The van der Waals surface area contributed by atoms with Crippen LogP contribution < -0.4 is 0 Å². The van der Waals surface area contributed by atoms with E-state index in [1.165, 1.54) is 51.7 Å². The topological polar surface area (TPSA) is 32.8 Å². The Kier molecular flexibility index (Phi) is 5.19. The summed E-state index contributed by atoms with van der Waals surface area (Å²) in [6, 6.07) is 0. The SMILES string of the molecule is COCCN1CC2(CCN(CC3CC=CCC3)CC2)CC1=O. The molecular formula is C18H30N2O2. The maximum atomic E-state index is 12.2. The molecule has 4 heteroatoms. The van der Waals surface area contributed by atoms with Crippen LogP contribution in [0.5, 0.6) is 0 Å². The van der Waals surface area contributed by atoms with Crippen LogP contribution >= 0.6 is 0 Å². The van der Waals surface area contributed by atoms with Crippen molar-refractivity contribution >= 4 is 5.91 Å². The molecule has 3 rings (SSSR count). The highest BCUT2D eigenvalue weighted by Gasteiger charge is 2.44.